The van der Waals surface area contributed by atoms with Crippen molar-refractivity contribution in [1.82, 2.24) is 15.5 Å². The summed E-state index contributed by atoms with van der Waals surface area (Å²) in [5, 5.41) is 7.94. The number of halogens is 1. The molecule has 1 atom stereocenters. The third kappa shape index (κ3) is 4.95. The molecule has 6 heteroatoms. The standard InChI is InChI=1S/C19H26ClN3O2/c1-13(21-2)10-18-22-19(25-23-18)12-24-17-9-8-15(20)11-16(17)14-6-4-3-5-7-14/h8-9,11,13-14,21H,3-7,10,12H2,1-2H3. The zero-order chi connectivity index (χ0) is 17.6. The fourth-order valence-electron chi connectivity index (χ4n) is 3.33. The molecule has 1 unspecified atom stereocenters. The minimum atomic E-state index is 0.280. The second-order valence-electron chi connectivity index (χ2n) is 6.80. The highest BCUT2D eigenvalue weighted by molar-refractivity contribution is 6.30. The fraction of sp³-hybridized carbons (Fsp3) is 0.579. The molecule has 25 heavy (non-hydrogen) atoms. The van der Waals surface area contributed by atoms with Gasteiger partial charge in [-0.05, 0) is 56.5 Å². The summed E-state index contributed by atoms with van der Waals surface area (Å²) in [7, 11) is 1.92. The van der Waals surface area contributed by atoms with E-state index in [2.05, 4.69) is 22.4 Å². The van der Waals surface area contributed by atoms with E-state index in [9.17, 15) is 0 Å². The molecule has 0 bridgehead atoms. The molecule has 136 valence electrons. The van der Waals surface area contributed by atoms with Gasteiger partial charge in [-0.2, -0.15) is 4.98 Å². The number of likely N-dealkylation sites (N-methyl/N-ethyl adjacent to an activating group) is 1. The van der Waals surface area contributed by atoms with Gasteiger partial charge in [0, 0.05) is 17.5 Å². The zero-order valence-corrected chi connectivity index (χ0v) is 15.7. The van der Waals surface area contributed by atoms with Crippen molar-refractivity contribution in [2.75, 3.05) is 7.05 Å². The van der Waals surface area contributed by atoms with Crippen LogP contribution in [-0.4, -0.2) is 23.2 Å². The third-order valence-electron chi connectivity index (χ3n) is 4.86. The molecule has 1 saturated carbocycles. The Kier molecular flexibility index (Phi) is 6.32. The Morgan fingerprint density at radius 1 is 1.32 bits per heavy atom. The molecule has 2 aromatic rings. The third-order valence-corrected chi connectivity index (χ3v) is 5.09. The van der Waals surface area contributed by atoms with E-state index in [1.165, 1.54) is 37.7 Å². The van der Waals surface area contributed by atoms with Crippen LogP contribution in [0.4, 0.5) is 0 Å². The summed E-state index contributed by atoms with van der Waals surface area (Å²) >= 11 is 6.22. The highest BCUT2D eigenvalue weighted by Gasteiger charge is 2.20. The number of hydrogen-bond acceptors (Lipinski definition) is 5. The van der Waals surface area contributed by atoms with Crippen LogP contribution in [0.2, 0.25) is 5.02 Å². The van der Waals surface area contributed by atoms with Gasteiger partial charge in [0.25, 0.3) is 5.89 Å². The number of ether oxygens (including phenoxy) is 1. The normalized spacial score (nSPS) is 16.8. The smallest absolute Gasteiger partial charge is 0.264 e. The van der Waals surface area contributed by atoms with Gasteiger partial charge in [0.2, 0.25) is 0 Å². The minimum Gasteiger partial charge on any atom is -0.483 e. The van der Waals surface area contributed by atoms with Gasteiger partial charge in [-0.1, -0.05) is 36.0 Å². The van der Waals surface area contributed by atoms with Crippen molar-refractivity contribution >= 4 is 11.6 Å². The van der Waals surface area contributed by atoms with Gasteiger partial charge < -0.3 is 14.6 Å². The van der Waals surface area contributed by atoms with Gasteiger partial charge in [0.05, 0.1) is 0 Å². The second-order valence-corrected chi connectivity index (χ2v) is 7.24. The molecule has 1 aliphatic rings. The van der Waals surface area contributed by atoms with Crippen LogP contribution in [0.5, 0.6) is 5.75 Å². The van der Waals surface area contributed by atoms with Gasteiger partial charge in [0.15, 0.2) is 12.4 Å². The first-order valence-electron chi connectivity index (χ1n) is 9.06. The molecular weight excluding hydrogens is 338 g/mol. The highest BCUT2D eigenvalue weighted by atomic mass is 35.5. The van der Waals surface area contributed by atoms with E-state index in [0.717, 1.165) is 17.2 Å². The Morgan fingerprint density at radius 3 is 2.88 bits per heavy atom. The SMILES string of the molecule is CNC(C)Cc1noc(COc2ccc(Cl)cc2C2CCCCC2)n1. The lowest BCUT2D eigenvalue weighted by molar-refractivity contribution is 0.238. The van der Waals surface area contributed by atoms with E-state index in [1.54, 1.807) is 0 Å². The van der Waals surface area contributed by atoms with Crippen molar-refractivity contribution in [3.63, 3.8) is 0 Å². The first-order valence-corrected chi connectivity index (χ1v) is 9.44. The molecule has 5 nitrogen and oxygen atoms in total. The summed E-state index contributed by atoms with van der Waals surface area (Å²) < 4.78 is 11.3. The lowest BCUT2D eigenvalue weighted by Gasteiger charge is -2.24. The predicted molar refractivity (Wildman–Crippen MR) is 98.1 cm³/mol. The first kappa shape index (κ1) is 18.2. The average Bonchev–Trinajstić information content (AvgIpc) is 3.08. The molecule has 1 heterocycles. The Morgan fingerprint density at radius 2 is 2.12 bits per heavy atom. The van der Waals surface area contributed by atoms with Crippen LogP contribution in [0.1, 0.15) is 62.2 Å². The number of benzene rings is 1. The summed E-state index contributed by atoms with van der Waals surface area (Å²) in [5.41, 5.74) is 1.20. The maximum absolute atomic E-state index is 6.22. The molecule has 0 spiro atoms. The lowest BCUT2D eigenvalue weighted by Crippen LogP contribution is -2.24. The van der Waals surface area contributed by atoms with E-state index < -0.39 is 0 Å². The predicted octanol–water partition coefficient (Wildman–Crippen LogP) is 4.50. The van der Waals surface area contributed by atoms with Crippen LogP contribution in [-0.2, 0) is 13.0 Å². The molecule has 1 N–H and O–H groups in total. The topological polar surface area (TPSA) is 60.2 Å². The molecule has 0 amide bonds. The van der Waals surface area contributed by atoms with Gasteiger partial charge in [-0.15, -0.1) is 0 Å². The summed E-state index contributed by atoms with van der Waals surface area (Å²) in [4.78, 5) is 4.40. The maximum Gasteiger partial charge on any atom is 0.264 e. The van der Waals surface area contributed by atoms with Crippen LogP contribution >= 0.6 is 11.6 Å². The molecule has 0 saturated heterocycles. The molecule has 3 rings (SSSR count). The van der Waals surface area contributed by atoms with Crippen LogP contribution in [0.25, 0.3) is 0 Å². The molecule has 1 aromatic carbocycles. The monoisotopic (exact) mass is 363 g/mol. The first-order chi connectivity index (χ1) is 12.2. The van der Waals surface area contributed by atoms with E-state index in [0.29, 0.717) is 23.7 Å². The fourth-order valence-corrected chi connectivity index (χ4v) is 3.51. The number of nitrogens with zero attached hydrogens (tertiary/aromatic N) is 2. The summed E-state index contributed by atoms with van der Waals surface area (Å²) in [6.45, 7) is 2.36. The number of nitrogens with one attached hydrogen (secondary N) is 1. The highest BCUT2D eigenvalue weighted by Crippen LogP contribution is 2.38. The van der Waals surface area contributed by atoms with E-state index in [-0.39, 0.29) is 6.61 Å². The van der Waals surface area contributed by atoms with Crippen molar-refractivity contribution in [1.29, 1.82) is 0 Å². The summed E-state index contributed by atoms with van der Waals surface area (Å²) in [6.07, 6.45) is 6.99. The Hall–Kier alpha value is -1.59. The van der Waals surface area contributed by atoms with Crippen LogP contribution in [0, 0.1) is 0 Å². The molecular formula is C19H26ClN3O2. The quantitative estimate of drug-likeness (QED) is 0.784. The molecule has 0 radical (unpaired) electrons. The van der Waals surface area contributed by atoms with Crippen molar-refractivity contribution in [2.45, 2.75) is 64.0 Å². The molecule has 0 aliphatic heterocycles. The van der Waals surface area contributed by atoms with E-state index in [1.807, 2.05) is 25.2 Å². The minimum absolute atomic E-state index is 0.280. The molecule has 1 aromatic heterocycles. The summed E-state index contributed by atoms with van der Waals surface area (Å²) in [5.74, 6) is 2.60. The molecule has 1 aliphatic carbocycles. The Balaban J connectivity index is 1.66. The lowest BCUT2D eigenvalue weighted by atomic mass is 9.84. The molecule has 1 fully saturated rings. The summed E-state index contributed by atoms with van der Waals surface area (Å²) in [6, 6.07) is 6.17. The largest absolute Gasteiger partial charge is 0.483 e. The number of hydrogen-bond donors (Lipinski definition) is 1. The number of aromatic nitrogens is 2. The number of rotatable bonds is 7. The Labute approximate surface area is 154 Å². The maximum atomic E-state index is 6.22. The van der Waals surface area contributed by atoms with Crippen molar-refractivity contribution in [3.8, 4) is 5.75 Å². The van der Waals surface area contributed by atoms with Crippen molar-refractivity contribution in [2.24, 2.45) is 0 Å². The van der Waals surface area contributed by atoms with Crippen molar-refractivity contribution < 1.29 is 9.26 Å². The van der Waals surface area contributed by atoms with Crippen LogP contribution in [0.15, 0.2) is 22.7 Å². The van der Waals surface area contributed by atoms with E-state index >= 15 is 0 Å². The van der Waals surface area contributed by atoms with Gasteiger partial charge in [-0.25, -0.2) is 0 Å². The average molecular weight is 364 g/mol. The van der Waals surface area contributed by atoms with Gasteiger partial charge in [0.1, 0.15) is 5.75 Å². The zero-order valence-electron chi connectivity index (χ0n) is 14.9. The van der Waals surface area contributed by atoms with E-state index in [4.69, 9.17) is 20.9 Å². The Bertz CT molecular complexity index is 683. The van der Waals surface area contributed by atoms with Crippen LogP contribution in [0.3, 0.4) is 0 Å². The van der Waals surface area contributed by atoms with Crippen LogP contribution < -0.4 is 10.1 Å². The van der Waals surface area contributed by atoms with Gasteiger partial charge >= 0.3 is 0 Å². The second kappa shape index (κ2) is 8.68. The van der Waals surface area contributed by atoms with Gasteiger partial charge in [-0.3, -0.25) is 0 Å². The van der Waals surface area contributed by atoms with Crippen molar-refractivity contribution in [3.05, 3.63) is 40.5 Å².